The minimum atomic E-state index is -0.615. The molecule has 0 fully saturated rings. The molecule has 0 bridgehead atoms. The maximum Gasteiger partial charge on any atom is 0.412 e. The first-order chi connectivity index (χ1) is 7.13. The van der Waals surface area contributed by atoms with Crippen molar-refractivity contribution >= 4 is 12.4 Å². The molecule has 4 nitrogen and oxygen atoms in total. The molecule has 80 valence electrons. The van der Waals surface area contributed by atoms with Gasteiger partial charge in [0.05, 0.1) is 6.54 Å². The number of hydrogen-bond donors (Lipinski definition) is 1. The molecule has 4 heteroatoms. The van der Waals surface area contributed by atoms with Crippen LogP contribution in [-0.4, -0.2) is 18.9 Å². The molecule has 0 radical (unpaired) electrons. The molecule has 0 atom stereocenters. The SMILES string of the molecule is Cc1ccc(C)c(OC(=O)NCC=O)c1. The van der Waals surface area contributed by atoms with Crippen LogP contribution in [0, 0.1) is 13.8 Å². The highest BCUT2D eigenvalue weighted by Gasteiger charge is 2.05. The van der Waals surface area contributed by atoms with E-state index in [0.29, 0.717) is 12.0 Å². The van der Waals surface area contributed by atoms with Crippen molar-refractivity contribution < 1.29 is 14.3 Å². The van der Waals surface area contributed by atoms with Crippen LogP contribution in [0.5, 0.6) is 5.75 Å². The molecular formula is C11H13NO3. The molecule has 0 saturated carbocycles. The van der Waals surface area contributed by atoms with E-state index >= 15 is 0 Å². The molecule has 1 aromatic carbocycles. The highest BCUT2D eigenvalue weighted by Crippen LogP contribution is 2.18. The molecule has 0 aliphatic rings. The number of carbonyl (C=O) groups is 2. The van der Waals surface area contributed by atoms with Gasteiger partial charge in [-0.15, -0.1) is 0 Å². The highest BCUT2D eigenvalue weighted by molar-refractivity contribution is 5.73. The summed E-state index contributed by atoms with van der Waals surface area (Å²) in [6, 6.07) is 5.58. The Morgan fingerprint density at radius 3 is 2.87 bits per heavy atom. The predicted octanol–water partition coefficient (Wildman–Crippen LogP) is 1.59. The van der Waals surface area contributed by atoms with Gasteiger partial charge in [0.1, 0.15) is 12.0 Å². The van der Waals surface area contributed by atoms with E-state index in [1.54, 1.807) is 6.07 Å². The Morgan fingerprint density at radius 1 is 1.47 bits per heavy atom. The third-order valence-corrected chi connectivity index (χ3v) is 1.88. The van der Waals surface area contributed by atoms with E-state index in [1.807, 2.05) is 26.0 Å². The van der Waals surface area contributed by atoms with Gasteiger partial charge in [-0.25, -0.2) is 4.79 Å². The molecular weight excluding hydrogens is 194 g/mol. The lowest BCUT2D eigenvalue weighted by Gasteiger charge is -2.07. The third-order valence-electron chi connectivity index (χ3n) is 1.88. The summed E-state index contributed by atoms with van der Waals surface area (Å²) < 4.78 is 5.02. The lowest BCUT2D eigenvalue weighted by atomic mass is 10.1. The van der Waals surface area contributed by atoms with Crippen molar-refractivity contribution in [3.8, 4) is 5.75 Å². The quantitative estimate of drug-likeness (QED) is 0.766. The predicted molar refractivity (Wildman–Crippen MR) is 56.0 cm³/mol. The van der Waals surface area contributed by atoms with Crippen molar-refractivity contribution in [3.63, 3.8) is 0 Å². The Morgan fingerprint density at radius 2 is 2.20 bits per heavy atom. The molecule has 0 saturated heterocycles. The van der Waals surface area contributed by atoms with Crippen LogP contribution in [0.1, 0.15) is 11.1 Å². The summed E-state index contributed by atoms with van der Waals surface area (Å²) in [5.41, 5.74) is 1.89. The normalized spacial score (nSPS) is 9.47. The zero-order valence-corrected chi connectivity index (χ0v) is 8.74. The summed E-state index contributed by atoms with van der Waals surface area (Å²) in [4.78, 5) is 21.2. The first kappa shape index (κ1) is 11.2. The maximum absolute atomic E-state index is 11.1. The summed E-state index contributed by atoms with van der Waals surface area (Å²) in [7, 11) is 0. The average molecular weight is 207 g/mol. The fourth-order valence-corrected chi connectivity index (χ4v) is 1.08. The van der Waals surface area contributed by atoms with Gasteiger partial charge in [-0.1, -0.05) is 12.1 Å². The van der Waals surface area contributed by atoms with Crippen LogP contribution < -0.4 is 10.1 Å². The van der Waals surface area contributed by atoms with E-state index in [9.17, 15) is 9.59 Å². The van der Waals surface area contributed by atoms with Crippen LogP contribution in [-0.2, 0) is 4.79 Å². The molecule has 1 rings (SSSR count). The first-order valence-corrected chi connectivity index (χ1v) is 4.60. The summed E-state index contributed by atoms with van der Waals surface area (Å²) in [5, 5.41) is 2.30. The number of ether oxygens (including phenoxy) is 1. The lowest BCUT2D eigenvalue weighted by Crippen LogP contribution is -2.28. The Hall–Kier alpha value is -1.84. The van der Waals surface area contributed by atoms with Crippen molar-refractivity contribution in [1.82, 2.24) is 5.32 Å². The number of carbonyl (C=O) groups excluding carboxylic acids is 2. The standard InChI is InChI=1S/C11H13NO3/c1-8-3-4-9(2)10(7-8)15-11(14)12-5-6-13/h3-4,6-7H,5H2,1-2H3,(H,12,14). The molecule has 1 aromatic rings. The van der Waals surface area contributed by atoms with Crippen LogP contribution in [0.2, 0.25) is 0 Å². The zero-order chi connectivity index (χ0) is 11.3. The van der Waals surface area contributed by atoms with Gasteiger partial charge in [-0.05, 0) is 31.0 Å². The Balaban J connectivity index is 2.67. The largest absolute Gasteiger partial charge is 0.412 e. The molecule has 0 aliphatic heterocycles. The van der Waals surface area contributed by atoms with E-state index in [4.69, 9.17) is 4.74 Å². The van der Waals surface area contributed by atoms with Crippen molar-refractivity contribution in [2.75, 3.05) is 6.54 Å². The lowest BCUT2D eigenvalue weighted by molar-refractivity contribution is -0.107. The second kappa shape index (κ2) is 5.14. The zero-order valence-electron chi connectivity index (χ0n) is 8.74. The fraction of sp³-hybridized carbons (Fsp3) is 0.273. The van der Waals surface area contributed by atoms with Gasteiger partial charge in [0.15, 0.2) is 0 Å². The first-order valence-electron chi connectivity index (χ1n) is 4.60. The Bertz CT molecular complexity index is 374. The van der Waals surface area contributed by atoms with Gasteiger partial charge in [0.25, 0.3) is 0 Å². The number of aryl methyl sites for hydroxylation is 2. The maximum atomic E-state index is 11.1. The van der Waals surface area contributed by atoms with E-state index in [1.165, 1.54) is 0 Å². The van der Waals surface area contributed by atoms with Crippen molar-refractivity contribution in [1.29, 1.82) is 0 Å². The molecule has 0 aromatic heterocycles. The van der Waals surface area contributed by atoms with Gasteiger partial charge in [0.2, 0.25) is 0 Å². The van der Waals surface area contributed by atoms with Gasteiger partial charge >= 0.3 is 6.09 Å². The van der Waals surface area contributed by atoms with E-state index in [0.717, 1.165) is 11.1 Å². The van der Waals surface area contributed by atoms with Gasteiger partial charge in [-0.2, -0.15) is 0 Å². The highest BCUT2D eigenvalue weighted by atomic mass is 16.6. The number of nitrogens with one attached hydrogen (secondary N) is 1. The summed E-state index contributed by atoms with van der Waals surface area (Å²) in [6.45, 7) is 3.72. The van der Waals surface area contributed by atoms with Crippen molar-refractivity contribution in [3.05, 3.63) is 29.3 Å². The Kier molecular flexibility index (Phi) is 3.85. The molecule has 0 heterocycles. The van der Waals surface area contributed by atoms with Crippen LogP contribution in [0.25, 0.3) is 0 Å². The number of hydrogen-bond acceptors (Lipinski definition) is 3. The summed E-state index contributed by atoms with van der Waals surface area (Å²) in [5.74, 6) is 0.512. The monoisotopic (exact) mass is 207 g/mol. The molecule has 0 unspecified atom stereocenters. The van der Waals surface area contributed by atoms with E-state index in [-0.39, 0.29) is 6.54 Å². The van der Waals surface area contributed by atoms with Crippen molar-refractivity contribution in [2.24, 2.45) is 0 Å². The molecule has 1 N–H and O–H groups in total. The number of amides is 1. The topological polar surface area (TPSA) is 55.4 Å². The minimum Gasteiger partial charge on any atom is -0.410 e. The molecule has 1 amide bonds. The van der Waals surface area contributed by atoms with E-state index < -0.39 is 6.09 Å². The molecule has 0 aliphatic carbocycles. The van der Waals surface area contributed by atoms with Gasteiger partial charge in [0, 0.05) is 0 Å². The second-order valence-corrected chi connectivity index (χ2v) is 3.21. The number of rotatable bonds is 3. The van der Waals surface area contributed by atoms with Gasteiger partial charge < -0.3 is 14.8 Å². The third kappa shape index (κ3) is 3.42. The fourth-order valence-electron chi connectivity index (χ4n) is 1.08. The van der Waals surface area contributed by atoms with Crippen LogP contribution in [0.4, 0.5) is 4.79 Å². The molecule has 15 heavy (non-hydrogen) atoms. The second-order valence-electron chi connectivity index (χ2n) is 3.21. The number of aldehydes is 1. The van der Waals surface area contributed by atoms with Crippen LogP contribution in [0.15, 0.2) is 18.2 Å². The van der Waals surface area contributed by atoms with Crippen LogP contribution >= 0.6 is 0 Å². The van der Waals surface area contributed by atoms with Crippen LogP contribution in [0.3, 0.4) is 0 Å². The number of benzene rings is 1. The average Bonchev–Trinajstić information content (AvgIpc) is 2.20. The smallest absolute Gasteiger partial charge is 0.410 e. The van der Waals surface area contributed by atoms with Gasteiger partial charge in [-0.3, -0.25) is 0 Å². The summed E-state index contributed by atoms with van der Waals surface area (Å²) >= 11 is 0. The van der Waals surface area contributed by atoms with Crippen molar-refractivity contribution in [2.45, 2.75) is 13.8 Å². The molecule has 0 spiro atoms. The Labute approximate surface area is 88.2 Å². The summed E-state index contributed by atoms with van der Waals surface area (Å²) in [6.07, 6.45) is -0.0135. The minimum absolute atomic E-state index is 0.0380. The van der Waals surface area contributed by atoms with E-state index in [2.05, 4.69) is 5.32 Å².